The molecule has 0 fully saturated rings. The van der Waals surface area contributed by atoms with Crippen LogP contribution in [0.15, 0.2) is 48.5 Å². The number of sulfonamides is 1. The van der Waals surface area contributed by atoms with E-state index in [1.54, 1.807) is 31.2 Å². The summed E-state index contributed by atoms with van der Waals surface area (Å²) < 4.78 is 24.9. The van der Waals surface area contributed by atoms with E-state index in [4.69, 9.17) is 0 Å². The molecule has 1 amide bonds. The molecule has 0 saturated heterocycles. The summed E-state index contributed by atoms with van der Waals surface area (Å²) in [4.78, 5) is 12.5. The van der Waals surface area contributed by atoms with Gasteiger partial charge in [-0.15, -0.1) is 0 Å². The molecule has 0 aromatic heterocycles. The van der Waals surface area contributed by atoms with Crippen LogP contribution in [0.25, 0.3) is 0 Å². The van der Waals surface area contributed by atoms with Gasteiger partial charge in [0.05, 0.1) is 18.0 Å². The molecular weight excluding hydrogens is 348 g/mol. The summed E-state index contributed by atoms with van der Waals surface area (Å²) >= 11 is 0. The molecule has 0 spiro atoms. The lowest BCUT2D eigenvalue weighted by atomic mass is 10.0. The Kier molecular flexibility index (Phi) is 6.42. The van der Waals surface area contributed by atoms with Crippen molar-refractivity contribution in [2.45, 2.75) is 33.2 Å². The van der Waals surface area contributed by atoms with Crippen molar-refractivity contribution in [1.82, 2.24) is 5.32 Å². The van der Waals surface area contributed by atoms with E-state index < -0.39 is 10.0 Å². The summed E-state index contributed by atoms with van der Waals surface area (Å²) in [6.07, 6.45) is 2.15. The van der Waals surface area contributed by atoms with E-state index in [-0.39, 0.29) is 11.9 Å². The zero-order valence-electron chi connectivity index (χ0n) is 15.7. The van der Waals surface area contributed by atoms with E-state index >= 15 is 0 Å². The number of carbonyl (C=O) groups excluding carboxylic acids is 1. The highest BCUT2D eigenvalue weighted by molar-refractivity contribution is 7.92. The predicted octanol–water partition coefficient (Wildman–Crippen LogP) is 3.53. The first-order valence-electron chi connectivity index (χ1n) is 8.73. The zero-order valence-corrected chi connectivity index (χ0v) is 16.5. The molecule has 0 radical (unpaired) electrons. The molecule has 0 saturated carbocycles. The third-order valence-electron chi connectivity index (χ3n) is 4.34. The fourth-order valence-electron chi connectivity index (χ4n) is 2.79. The lowest BCUT2D eigenvalue weighted by Crippen LogP contribution is -2.29. The Balaban J connectivity index is 2.09. The van der Waals surface area contributed by atoms with E-state index in [0.29, 0.717) is 17.8 Å². The maximum Gasteiger partial charge on any atom is 0.251 e. The Labute approximate surface area is 156 Å². The number of carbonyl (C=O) groups is 1. The highest BCUT2D eigenvalue weighted by Crippen LogP contribution is 2.19. The number of hydrogen-bond donors (Lipinski definition) is 1. The normalized spacial score (nSPS) is 12.5. The van der Waals surface area contributed by atoms with Gasteiger partial charge in [-0.25, -0.2) is 8.42 Å². The second-order valence-corrected chi connectivity index (χ2v) is 8.17. The van der Waals surface area contributed by atoms with Gasteiger partial charge in [0.25, 0.3) is 5.91 Å². The van der Waals surface area contributed by atoms with Gasteiger partial charge in [-0.3, -0.25) is 9.10 Å². The highest BCUT2D eigenvalue weighted by Gasteiger charge is 2.16. The molecule has 2 aromatic carbocycles. The zero-order chi connectivity index (χ0) is 19.3. The maximum absolute atomic E-state index is 12.5. The maximum atomic E-state index is 12.5. The van der Waals surface area contributed by atoms with Crippen molar-refractivity contribution in [1.29, 1.82) is 0 Å². The molecule has 140 valence electrons. The minimum Gasteiger partial charge on any atom is -0.346 e. The van der Waals surface area contributed by atoms with Crippen LogP contribution in [0.4, 0.5) is 5.69 Å². The largest absolute Gasteiger partial charge is 0.346 e. The Hall–Kier alpha value is -2.34. The summed E-state index contributed by atoms with van der Waals surface area (Å²) in [6, 6.07) is 14.7. The number of nitrogens with one attached hydrogen (secondary N) is 1. The van der Waals surface area contributed by atoms with Gasteiger partial charge < -0.3 is 5.32 Å². The summed E-state index contributed by atoms with van der Waals surface area (Å²) in [7, 11) is -3.33. The van der Waals surface area contributed by atoms with Crippen molar-refractivity contribution in [3.05, 3.63) is 65.2 Å². The van der Waals surface area contributed by atoms with Crippen molar-refractivity contribution >= 4 is 21.6 Å². The molecule has 26 heavy (non-hydrogen) atoms. The van der Waals surface area contributed by atoms with Gasteiger partial charge in [0.15, 0.2) is 0 Å². The number of benzene rings is 2. The van der Waals surface area contributed by atoms with E-state index in [0.717, 1.165) is 12.0 Å². The molecule has 2 aromatic rings. The quantitative estimate of drug-likeness (QED) is 0.806. The van der Waals surface area contributed by atoms with Crippen LogP contribution in [-0.2, 0) is 16.4 Å². The first-order valence-corrected chi connectivity index (χ1v) is 10.6. The molecule has 0 aliphatic heterocycles. The summed E-state index contributed by atoms with van der Waals surface area (Å²) in [5, 5.41) is 2.97. The number of anilines is 1. The number of nitrogens with zero attached hydrogens (tertiary/aromatic N) is 1. The molecule has 0 bridgehead atoms. The van der Waals surface area contributed by atoms with Gasteiger partial charge in [-0.1, -0.05) is 31.2 Å². The van der Waals surface area contributed by atoms with E-state index in [9.17, 15) is 13.2 Å². The van der Waals surface area contributed by atoms with Crippen LogP contribution < -0.4 is 9.62 Å². The number of hydrogen-bond acceptors (Lipinski definition) is 3. The van der Waals surface area contributed by atoms with Crippen molar-refractivity contribution in [3.8, 4) is 0 Å². The Bertz CT molecular complexity index is 844. The van der Waals surface area contributed by atoms with Crippen LogP contribution in [0.3, 0.4) is 0 Å². The average Bonchev–Trinajstić information content (AvgIpc) is 2.61. The fourth-order valence-corrected chi connectivity index (χ4v) is 3.77. The van der Waals surface area contributed by atoms with Gasteiger partial charge in [0.1, 0.15) is 0 Å². The van der Waals surface area contributed by atoms with Gasteiger partial charge in [-0.2, -0.15) is 0 Å². The number of rotatable bonds is 7. The smallest absolute Gasteiger partial charge is 0.251 e. The molecule has 0 unspecified atom stereocenters. The van der Waals surface area contributed by atoms with Gasteiger partial charge in [0.2, 0.25) is 10.0 Å². The van der Waals surface area contributed by atoms with Crippen molar-refractivity contribution in [3.63, 3.8) is 0 Å². The standard InChI is InChI=1S/C20H26N2O3S/c1-5-16-7-9-17(10-8-16)15(3)21-20(23)18-11-13-19(14-12-18)22(6-2)26(4,24)25/h7-15H,5-6H2,1-4H3,(H,21,23)/t15-/m0/s1. The van der Waals surface area contributed by atoms with Crippen LogP contribution in [0.2, 0.25) is 0 Å². The number of aryl methyl sites for hydroxylation is 1. The Morgan fingerprint density at radius 2 is 1.62 bits per heavy atom. The molecule has 0 heterocycles. The van der Waals surface area contributed by atoms with Crippen LogP contribution >= 0.6 is 0 Å². The molecule has 2 rings (SSSR count). The Morgan fingerprint density at radius 1 is 1.04 bits per heavy atom. The summed E-state index contributed by atoms with van der Waals surface area (Å²) in [6.45, 7) is 6.16. The fraction of sp³-hybridized carbons (Fsp3) is 0.350. The molecule has 1 N–H and O–H groups in total. The molecule has 0 aliphatic carbocycles. The molecule has 1 atom stereocenters. The highest BCUT2D eigenvalue weighted by atomic mass is 32.2. The van der Waals surface area contributed by atoms with Crippen molar-refractivity contribution in [2.75, 3.05) is 17.1 Å². The van der Waals surface area contributed by atoms with Gasteiger partial charge in [-0.05, 0) is 55.7 Å². The summed E-state index contributed by atoms with van der Waals surface area (Å²) in [5.74, 6) is -0.189. The van der Waals surface area contributed by atoms with E-state index in [2.05, 4.69) is 24.4 Å². The second-order valence-electron chi connectivity index (χ2n) is 6.26. The van der Waals surface area contributed by atoms with Crippen molar-refractivity contribution in [2.24, 2.45) is 0 Å². The third-order valence-corrected chi connectivity index (χ3v) is 5.61. The Morgan fingerprint density at radius 3 is 2.08 bits per heavy atom. The predicted molar refractivity (Wildman–Crippen MR) is 106 cm³/mol. The number of amides is 1. The summed E-state index contributed by atoms with van der Waals surface area (Å²) in [5.41, 5.74) is 3.35. The van der Waals surface area contributed by atoms with Crippen molar-refractivity contribution < 1.29 is 13.2 Å². The SMILES string of the molecule is CCc1ccc([C@H](C)NC(=O)c2ccc(N(CC)S(C)(=O)=O)cc2)cc1. The third kappa shape index (κ3) is 4.85. The second kappa shape index (κ2) is 8.36. The lowest BCUT2D eigenvalue weighted by molar-refractivity contribution is 0.0940. The van der Waals surface area contributed by atoms with Crippen LogP contribution in [0, 0.1) is 0 Å². The van der Waals surface area contributed by atoms with Crippen LogP contribution in [0.1, 0.15) is 48.3 Å². The topological polar surface area (TPSA) is 66.5 Å². The van der Waals surface area contributed by atoms with Crippen LogP contribution in [0.5, 0.6) is 0 Å². The van der Waals surface area contributed by atoms with Crippen LogP contribution in [-0.4, -0.2) is 27.1 Å². The van der Waals surface area contributed by atoms with E-state index in [1.807, 2.05) is 19.1 Å². The lowest BCUT2D eigenvalue weighted by Gasteiger charge is -2.20. The van der Waals surface area contributed by atoms with Gasteiger partial charge in [0, 0.05) is 12.1 Å². The monoisotopic (exact) mass is 374 g/mol. The molecule has 5 nitrogen and oxygen atoms in total. The van der Waals surface area contributed by atoms with Gasteiger partial charge >= 0.3 is 0 Å². The molecule has 0 aliphatic rings. The first kappa shape index (κ1) is 20.0. The minimum atomic E-state index is -3.33. The first-order chi connectivity index (χ1) is 12.3. The average molecular weight is 375 g/mol. The van der Waals surface area contributed by atoms with E-state index in [1.165, 1.54) is 16.1 Å². The minimum absolute atomic E-state index is 0.115. The molecular formula is C20H26N2O3S. The molecule has 6 heteroatoms.